The smallest absolute Gasteiger partial charge is 0.339 e. The second-order valence-electron chi connectivity index (χ2n) is 9.66. The molecule has 5 unspecified atom stereocenters. The predicted octanol–water partition coefficient (Wildman–Crippen LogP) is 3.27. The highest BCUT2D eigenvalue weighted by Gasteiger charge is 2.54. The number of rotatable bonds is 9. The number of nitrogens with one attached hydrogen (secondary N) is 2. The number of carbonyl (C=O) groups is 2. The predicted molar refractivity (Wildman–Crippen MR) is 146 cm³/mol. The molecule has 2 saturated heterocycles. The van der Waals surface area contributed by atoms with Gasteiger partial charge in [0.25, 0.3) is 0 Å². The molecule has 2 aromatic carbocycles. The number of benzene rings is 2. The molecule has 2 amide bonds. The van der Waals surface area contributed by atoms with E-state index in [0.29, 0.717) is 29.0 Å². The van der Waals surface area contributed by atoms with Crippen molar-refractivity contribution in [3.8, 4) is 11.5 Å². The van der Waals surface area contributed by atoms with Crippen LogP contribution in [-0.4, -0.2) is 75.2 Å². The van der Waals surface area contributed by atoms with Crippen molar-refractivity contribution in [3.05, 3.63) is 72.1 Å². The van der Waals surface area contributed by atoms with Gasteiger partial charge in [0.2, 0.25) is 0 Å². The molecule has 4 heterocycles. The van der Waals surface area contributed by atoms with Gasteiger partial charge in [0.1, 0.15) is 54.1 Å². The molecule has 0 spiro atoms. The van der Waals surface area contributed by atoms with Crippen molar-refractivity contribution in [1.82, 2.24) is 24.8 Å². The third-order valence-corrected chi connectivity index (χ3v) is 7.01. The van der Waals surface area contributed by atoms with Crippen molar-refractivity contribution in [1.29, 1.82) is 0 Å². The van der Waals surface area contributed by atoms with Gasteiger partial charge in [-0.25, -0.2) is 28.9 Å². The molecule has 2 aromatic heterocycles. The van der Waals surface area contributed by atoms with E-state index in [2.05, 4.69) is 25.6 Å². The van der Waals surface area contributed by atoms with Crippen LogP contribution < -0.4 is 20.1 Å². The number of carboxylic acid groups (broad SMARTS) is 1. The zero-order chi connectivity index (χ0) is 30.1. The van der Waals surface area contributed by atoms with Gasteiger partial charge in [-0.05, 0) is 31.2 Å². The number of hydrogen-bond donors (Lipinski definition) is 3. The van der Waals surface area contributed by atoms with E-state index < -0.39 is 48.6 Å². The van der Waals surface area contributed by atoms with Crippen LogP contribution in [0, 0.1) is 5.82 Å². The Morgan fingerprint density at radius 2 is 1.86 bits per heavy atom. The average Bonchev–Trinajstić information content (AvgIpc) is 3.71. The Balaban J connectivity index is 1.31. The number of aromatic nitrogens is 4. The molecule has 14 nitrogen and oxygen atoms in total. The van der Waals surface area contributed by atoms with Crippen LogP contribution in [0.3, 0.4) is 0 Å². The number of halogens is 1. The molecule has 2 aliphatic rings. The summed E-state index contributed by atoms with van der Waals surface area (Å²) in [4.78, 5) is 36.9. The Morgan fingerprint density at radius 1 is 1.07 bits per heavy atom. The Hall–Kier alpha value is -4.86. The standard InChI is InChI=1S/C28H27FN6O8/c1-3-30-28(38)34-23-20-24(32-12-31-23)35(13-33-20)25-22-21(42-27(43-22)14-4-6-15(29)7-5-14)19(41-25)11-40-18-10-16(39-2)8-9-17(18)26(36)37/h4-10,12-13,19,21-22,25,27H,3,11H2,1-2H3,(H,36,37)(H2,30,31,32,34,38). The number of anilines is 1. The van der Waals surface area contributed by atoms with Crippen molar-refractivity contribution in [2.75, 3.05) is 25.6 Å². The lowest BCUT2D eigenvalue weighted by atomic mass is 10.1. The molecule has 2 fully saturated rings. The highest BCUT2D eigenvalue weighted by Crippen LogP contribution is 2.45. The van der Waals surface area contributed by atoms with E-state index in [1.54, 1.807) is 23.6 Å². The van der Waals surface area contributed by atoms with E-state index in [9.17, 15) is 19.1 Å². The lowest BCUT2D eigenvalue weighted by molar-refractivity contribution is -0.152. The largest absolute Gasteiger partial charge is 0.497 e. The van der Waals surface area contributed by atoms with Gasteiger partial charge in [-0.15, -0.1) is 0 Å². The fourth-order valence-electron chi connectivity index (χ4n) is 5.01. The molecule has 0 bridgehead atoms. The summed E-state index contributed by atoms with van der Waals surface area (Å²) in [7, 11) is 1.46. The maximum atomic E-state index is 13.6. The number of carbonyl (C=O) groups excluding carboxylic acids is 1. The number of amides is 2. The van der Waals surface area contributed by atoms with Gasteiger partial charge in [0.15, 0.2) is 29.5 Å². The molecule has 3 N–H and O–H groups in total. The van der Waals surface area contributed by atoms with Crippen LogP contribution >= 0.6 is 0 Å². The minimum Gasteiger partial charge on any atom is -0.497 e. The second-order valence-corrected chi connectivity index (χ2v) is 9.66. The molecule has 0 aliphatic carbocycles. The number of carboxylic acids is 1. The summed E-state index contributed by atoms with van der Waals surface area (Å²) in [6, 6.07) is 9.70. The first-order valence-corrected chi connectivity index (χ1v) is 13.3. The number of aromatic carboxylic acids is 1. The summed E-state index contributed by atoms with van der Waals surface area (Å²) in [5.74, 6) is -0.855. The molecular formula is C28H27FN6O8. The number of imidazole rings is 1. The lowest BCUT2D eigenvalue weighted by Crippen LogP contribution is -2.33. The zero-order valence-electron chi connectivity index (χ0n) is 23.0. The minimum absolute atomic E-state index is 0.0517. The zero-order valence-corrected chi connectivity index (χ0v) is 23.0. The van der Waals surface area contributed by atoms with Crippen LogP contribution in [0.4, 0.5) is 15.0 Å². The fourth-order valence-corrected chi connectivity index (χ4v) is 5.01. The number of urea groups is 1. The molecule has 43 heavy (non-hydrogen) atoms. The van der Waals surface area contributed by atoms with Crippen LogP contribution in [-0.2, 0) is 14.2 Å². The van der Waals surface area contributed by atoms with E-state index in [-0.39, 0.29) is 23.7 Å². The number of methoxy groups -OCH3 is 1. The number of fused-ring (bicyclic) bond motifs is 2. The van der Waals surface area contributed by atoms with E-state index >= 15 is 0 Å². The molecule has 0 radical (unpaired) electrons. The first-order valence-electron chi connectivity index (χ1n) is 13.3. The van der Waals surface area contributed by atoms with Gasteiger partial charge in [0, 0.05) is 18.2 Å². The van der Waals surface area contributed by atoms with Crippen molar-refractivity contribution < 1.29 is 42.8 Å². The van der Waals surface area contributed by atoms with Crippen LogP contribution in [0.25, 0.3) is 11.2 Å². The Morgan fingerprint density at radius 3 is 2.60 bits per heavy atom. The van der Waals surface area contributed by atoms with E-state index in [1.165, 1.54) is 50.1 Å². The minimum atomic E-state index is -1.17. The van der Waals surface area contributed by atoms with Gasteiger partial charge in [-0.2, -0.15) is 0 Å². The number of ether oxygens (including phenoxy) is 5. The fraction of sp³-hybridized carbons (Fsp3) is 0.321. The molecule has 6 rings (SSSR count). The molecular weight excluding hydrogens is 567 g/mol. The van der Waals surface area contributed by atoms with Crippen LogP contribution in [0.5, 0.6) is 11.5 Å². The van der Waals surface area contributed by atoms with Crippen molar-refractivity contribution >= 4 is 29.0 Å². The third-order valence-electron chi connectivity index (χ3n) is 7.01. The monoisotopic (exact) mass is 594 g/mol. The molecule has 15 heteroatoms. The Labute approximate surface area is 243 Å². The van der Waals surface area contributed by atoms with Gasteiger partial charge in [-0.1, -0.05) is 12.1 Å². The molecule has 0 saturated carbocycles. The highest BCUT2D eigenvalue weighted by molar-refractivity contribution is 5.95. The highest BCUT2D eigenvalue weighted by atomic mass is 19.1. The first-order chi connectivity index (χ1) is 20.9. The first kappa shape index (κ1) is 28.3. The summed E-state index contributed by atoms with van der Waals surface area (Å²) in [6.45, 7) is 2.11. The number of nitrogens with zero attached hydrogens (tertiary/aromatic N) is 4. The quantitative estimate of drug-likeness (QED) is 0.260. The van der Waals surface area contributed by atoms with E-state index in [4.69, 9.17) is 23.7 Å². The Bertz CT molecular complexity index is 1650. The van der Waals surface area contributed by atoms with E-state index in [1.807, 2.05) is 0 Å². The summed E-state index contributed by atoms with van der Waals surface area (Å²) in [6.07, 6.45) is -0.974. The topological polar surface area (TPSA) is 168 Å². The number of hydrogen-bond acceptors (Lipinski definition) is 10. The third kappa shape index (κ3) is 5.52. The van der Waals surface area contributed by atoms with E-state index in [0.717, 1.165) is 0 Å². The van der Waals surface area contributed by atoms with Crippen molar-refractivity contribution in [2.24, 2.45) is 0 Å². The van der Waals surface area contributed by atoms with Crippen LogP contribution in [0.2, 0.25) is 0 Å². The summed E-state index contributed by atoms with van der Waals surface area (Å²) < 4.78 is 45.3. The second kappa shape index (κ2) is 11.8. The van der Waals surface area contributed by atoms with Gasteiger partial charge in [0.05, 0.1) is 13.4 Å². The maximum Gasteiger partial charge on any atom is 0.339 e. The summed E-state index contributed by atoms with van der Waals surface area (Å²) in [5, 5.41) is 14.9. The Kier molecular flexibility index (Phi) is 7.75. The van der Waals surface area contributed by atoms with Crippen molar-refractivity contribution in [2.45, 2.75) is 37.8 Å². The SMILES string of the molecule is CCNC(=O)Nc1ncnc2c1ncn2C1OC(COc2cc(OC)ccc2C(=O)O)C2OC(c3ccc(F)cc3)OC21. The van der Waals surface area contributed by atoms with Crippen LogP contribution in [0.1, 0.15) is 35.4 Å². The van der Waals surface area contributed by atoms with Gasteiger partial charge in [-0.3, -0.25) is 9.88 Å². The molecule has 5 atom stereocenters. The van der Waals surface area contributed by atoms with Crippen LogP contribution in [0.15, 0.2) is 55.1 Å². The summed E-state index contributed by atoms with van der Waals surface area (Å²) >= 11 is 0. The molecule has 224 valence electrons. The average molecular weight is 595 g/mol. The lowest BCUT2D eigenvalue weighted by Gasteiger charge is -2.22. The van der Waals surface area contributed by atoms with Gasteiger partial charge >= 0.3 is 12.0 Å². The summed E-state index contributed by atoms with van der Waals surface area (Å²) in [5.41, 5.74) is 1.23. The molecule has 2 aliphatic heterocycles. The van der Waals surface area contributed by atoms with Gasteiger partial charge < -0.3 is 34.1 Å². The molecule has 4 aromatic rings. The maximum absolute atomic E-state index is 13.6. The normalized spacial score (nSPS) is 22.7. The van der Waals surface area contributed by atoms with Crippen molar-refractivity contribution in [3.63, 3.8) is 0 Å².